The summed E-state index contributed by atoms with van der Waals surface area (Å²) in [5.41, 5.74) is 0.665. The summed E-state index contributed by atoms with van der Waals surface area (Å²) in [7, 11) is 0.530. The minimum absolute atomic E-state index is 0.0117. The summed E-state index contributed by atoms with van der Waals surface area (Å²) in [5, 5.41) is 2.76. The largest absolute Gasteiger partial charge is 0.497 e. The fourth-order valence-corrected chi connectivity index (χ4v) is 4.29. The topological polar surface area (TPSA) is 112 Å². The number of carbonyl (C=O) groups excluding carboxylic acids is 1. The molecule has 35 heavy (non-hydrogen) atoms. The van der Waals surface area contributed by atoms with Crippen LogP contribution in [0.1, 0.15) is 13.3 Å². The highest BCUT2D eigenvalue weighted by Gasteiger charge is 2.21. The average molecular weight is 501 g/mol. The number of anilines is 2. The number of benzene rings is 3. The maximum absolute atomic E-state index is 12.9. The molecule has 0 bridgehead atoms. The molecule has 0 radical (unpaired) electrons. The van der Waals surface area contributed by atoms with E-state index in [1.54, 1.807) is 30.3 Å². The monoisotopic (exact) mass is 500 g/mol. The Morgan fingerprint density at radius 3 is 2.11 bits per heavy atom. The lowest BCUT2D eigenvalue weighted by Gasteiger charge is -2.19. The van der Waals surface area contributed by atoms with Crippen molar-refractivity contribution >= 4 is 27.3 Å². The Morgan fingerprint density at radius 2 is 1.51 bits per heavy atom. The van der Waals surface area contributed by atoms with Gasteiger partial charge < -0.3 is 24.3 Å². The van der Waals surface area contributed by atoms with Crippen LogP contribution in [0, 0.1) is 0 Å². The molecular weight excluding hydrogens is 472 g/mol. The molecule has 0 saturated carbocycles. The van der Waals surface area contributed by atoms with Crippen molar-refractivity contribution in [2.24, 2.45) is 0 Å². The minimum Gasteiger partial charge on any atom is -0.497 e. The zero-order valence-corrected chi connectivity index (χ0v) is 20.7. The third-order valence-electron chi connectivity index (χ3n) is 5.08. The van der Waals surface area contributed by atoms with Gasteiger partial charge >= 0.3 is 0 Å². The predicted octanol–water partition coefficient (Wildman–Crippen LogP) is 4.31. The summed E-state index contributed by atoms with van der Waals surface area (Å²) in [5.74, 6) is 1.43. The van der Waals surface area contributed by atoms with E-state index in [1.807, 2.05) is 13.0 Å². The van der Waals surface area contributed by atoms with E-state index in [-0.39, 0.29) is 16.5 Å². The summed E-state index contributed by atoms with van der Waals surface area (Å²) in [4.78, 5) is 12.8. The van der Waals surface area contributed by atoms with Crippen molar-refractivity contribution in [2.75, 3.05) is 31.4 Å². The highest BCUT2D eigenvalue weighted by atomic mass is 32.2. The van der Waals surface area contributed by atoms with E-state index in [0.29, 0.717) is 35.1 Å². The lowest BCUT2D eigenvalue weighted by atomic mass is 10.2. The van der Waals surface area contributed by atoms with Crippen LogP contribution < -0.4 is 29.0 Å². The summed E-state index contributed by atoms with van der Waals surface area (Å²) in [6.45, 7) is 1.83. The first-order valence-electron chi connectivity index (χ1n) is 10.8. The van der Waals surface area contributed by atoms with E-state index in [4.69, 9.17) is 18.9 Å². The van der Waals surface area contributed by atoms with E-state index >= 15 is 0 Å². The van der Waals surface area contributed by atoms with Gasteiger partial charge in [0.2, 0.25) is 0 Å². The Bertz CT molecular complexity index is 1260. The Hall–Kier alpha value is -3.92. The van der Waals surface area contributed by atoms with E-state index < -0.39 is 16.1 Å². The molecule has 0 aliphatic carbocycles. The summed E-state index contributed by atoms with van der Waals surface area (Å²) >= 11 is 0. The van der Waals surface area contributed by atoms with Crippen LogP contribution in [-0.2, 0) is 14.8 Å². The van der Waals surface area contributed by atoms with Crippen LogP contribution in [0.2, 0.25) is 0 Å². The Labute approximate surface area is 205 Å². The van der Waals surface area contributed by atoms with Crippen LogP contribution in [-0.4, -0.2) is 41.8 Å². The molecule has 1 amide bonds. The van der Waals surface area contributed by atoms with Gasteiger partial charge in [0, 0.05) is 11.8 Å². The van der Waals surface area contributed by atoms with Crippen molar-refractivity contribution in [3.05, 3.63) is 66.7 Å². The Balaban J connectivity index is 1.71. The van der Waals surface area contributed by atoms with Crippen LogP contribution in [0.15, 0.2) is 71.6 Å². The molecule has 1 atom stereocenters. The average Bonchev–Trinajstić information content (AvgIpc) is 2.87. The lowest BCUT2D eigenvalue weighted by molar-refractivity contribution is -0.122. The van der Waals surface area contributed by atoms with Crippen LogP contribution in [0.4, 0.5) is 11.4 Å². The highest BCUT2D eigenvalue weighted by Crippen LogP contribution is 2.31. The molecule has 10 heteroatoms. The van der Waals surface area contributed by atoms with Gasteiger partial charge in [-0.1, -0.05) is 19.1 Å². The summed E-state index contributed by atoms with van der Waals surface area (Å²) < 4.78 is 49.8. The Kier molecular flexibility index (Phi) is 8.43. The maximum Gasteiger partial charge on any atom is 0.265 e. The molecule has 0 aromatic heterocycles. The van der Waals surface area contributed by atoms with Gasteiger partial charge in [0.05, 0.1) is 31.9 Å². The standard InChI is InChI=1S/C25H28N2O7S/c1-5-21(34-24-9-7-6-8-23(24)33-4)25(28)26-17-10-13-19(14-11-17)35(29,30)27-20-16-18(31-2)12-15-22(20)32-3/h6-16,21,27H,5H2,1-4H3,(H,26,28)/t21-/m0/s1. The number of amides is 1. The zero-order chi connectivity index (χ0) is 25.4. The fourth-order valence-electron chi connectivity index (χ4n) is 3.23. The molecule has 0 heterocycles. The molecule has 0 fully saturated rings. The molecule has 0 aliphatic heterocycles. The number of ether oxygens (including phenoxy) is 4. The molecule has 3 rings (SSSR count). The number of rotatable bonds is 11. The van der Waals surface area contributed by atoms with E-state index in [9.17, 15) is 13.2 Å². The molecule has 0 spiro atoms. The minimum atomic E-state index is -3.92. The smallest absolute Gasteiger partial charge is 0.265 e. The van der Waals surface area contributed by atoms with Crippen molar-refractivity contribution in [1.82, 2.24) is 0 Å². The van der Waals surface area contributed by atoms with Crippen molar-refractivity contribution in [2.45, 2.75) is 24.3 Å². The molecule has 3 aromatic carbocycles. The van der Waals surface area contributed by atoms with Crippen molar-refractivity contribution in [3.8, 4) is 23.0 Å². The summed E-state index contributed by atoms with van der Waals surface area (Å²) in [6, 6.07) is 17.7. The summed E-state index contributed by atoms with van der Waals surface area (Å²) in [6.07, 6.45) is -0.347. The molecule has 3 aromatic rings. The SMILES string of the molecule is CC[C@H](Oc1ccccc1OC)C(=O)Nc1ccc(S(=O)(=O)Nc2cc(OC)ccc2OC)cc1. The van der Waals surface area contributed by atoms with Gasteiger partial charge in [-0.3, -0.25) is 9.52 Å². The fraction of sp³-hybridized carbons (Fsp3) is 0.240. The van der Waals surface area contributed by atoms with Gasteiger partial charge in [-0.15, -0.1) is 0 Å². The maximum atomic E-state index is 12.9. The van der Waals surface area contributed by atoms with Crippen LogP contribution in [0.5, 0.6) is 23.0 Å². The highest BCUT2D eigenvalue weighted by molar-refractivity contribution is 7.92. The van der Waals surface area contributed by atoms with Crippen molar-refractivity contribution < 1.29 is 32.2 Å². The van der Waals surface area contributed by atoms with Crippen LogP contribution >= 0.6 is 0 Å². The van der Waals surface area contributed by atoms with Crippen molar-refractivity contribution in [1.29, 1.82) is 0 Å². The number of carbonyl (C=O) groups is 1. The van der Waals surface area contributed by atoms with E-state index in [0.717, 1.165) is 0 Å². The Morgan fingerprint density at radius 1 is 0.857 bits per heavy atom. The lowest BCUT2D eigenvalue weighted by Crippen LogP contribution is -2.32. The normalized spacial score (nSPS) is 11.8. The first-order chi connectivity index (χ1) is 16.8. The zero-order valence-electron chi connectivity index (χ0n) is 19.9. The van der Waals surface area contributed by atoms with Crippen molar-refractivity contribution in [3.63, 3.8) is 0 Å². The molecule has 0 saturated heterocycles. The molecular formula is C25H28N2O7S. The quantitative estimate of drug-likeness (QED) is 0.403. The van der Waals surface area contributed by atoms with Gasteiger partial charge in [-0.25, -0.2) is 8.42 Å². The molecule has 9 nitrogen and oxygen atoms in total. The number of hydrogen-bond donors (Lipinski definition) is 2. The number of nitrogens with one attached hydrogen (secondary N) is 2. The second-order valence-electron chi connectivity index (χ2n) is 7.35. The number of hydrogen-bond acceptors (Lipinski definition) is 7. The second kappa shape index (κ2) is 11.5. The molecule has 186 valence electrons. The first-order valence-corrected chi connectivity index (χ1v) is 12.2. The number of para-hydroxylation sites is 2. The third kappa shape index (κ3) is 6.36. The second-order valence-corrected chi connectivity index (χ2v) is 9.03. The van der Waals surface area contributed by atoms with Gasteiger partial charge in [-0.05, 0) is 55.0 Å². The van der Waals surface area contributed by atoms with Gasteiger partial charge in [0.15, 0.2) is 17.6 Å². The van der Waals surface area contributed by atoms with Crippen LogP contribution in [0.25, 0.3) is 0 Å². The predicted molar refractivity (Wildman–Crippen MR) is 133 cm³/mol. The van der Waals surface area contributed by atoms with Gasteiger partial charge in [-0.2, -0.15) is 0 Å². The van der Waals surface area contributed by atoms with E-state index in [1.165, 1.54) is 51.7 Å². The van der Waals surface area contributed by atoms with Crippen LogP contribution in [0.3, 0.4) is 0 Å². The number of methoxy groups -OCH3 is 3. The molecule has 0 unspecified atom stereocenters. The van der Waals surface area contributed by atoms with Gasteiger partial charge in [0.25, 0.3) is 15.9 Å². The van der Waals surface area contributed by atoms with Gasteiger partial charge in [0.1, 0.15) is 11.5 Å². The molecule has 0 aliphatic rings. The third-order valence-corrected chi connectivity index (χ3v) is 6.47. The van der Waals surface area contributed by atoms with E-state index in [2.05, 4.69) is 10.0 Å². The molecule has 2 N–H and O–H groups in total. The number of sulfonamides is 1. The first kappa shape index (κ1) is 25.7.